The van der Waals surface area contributed by atoms with E-state index in [1.807, 2.05) is 6.08 Å². The Bertz CT molecular complexity index is 107. The minimum atomic E-state index is 0. The molecule has 0 radical (unpaired) electrons. The predicted octanol–water partition coefficient (Wildman–Crippen LogP) is 1.42. The summed E-state index contributed by atoms with van der Waals surface area (Å²) in [6, 6.07) is 0. The molecule has 0 saturated carbocycles. The van der Waals surface area contributed by atoms with Gasteiger partial charge in [-0.05, 0) is 12.3 Å². The fourth-order valence-electron chi connectivity index (χ4n) is 0.563. The average Bonchev–Trinajstić information content (AvgIpc) is 1.69. The van der Waals surface area contributed by atoms with E-state index in [4.69, 9.17) is 0 Å². The lowest BCUT2D eigenvalue weighted by atomic mass is 10.4. The van der Waals surface area contributed by atoms with Crippen LogP contribution < -0.4 is 0 Å². The van der Waals surface area contributed by atoms with Crippen LogP contribution in [0.3, 0.4) is 0 Å². The molecule has 8 heavy (non-hydrogen) atoms. The molecule has 1 nitrogen and oxygen atoms in total. The maximum absolute atomic E-state index is 2.12. The van der Waals surface area contributed by atoms with E-state index in [-0.39, 0.29) is 12.4 Å². The van der Waals surface area contributed by atoms with Gasteiger partial charge in [0.15, 0.2) is 0 Å². The Balaban J connectivity index is 0.000000490. The Labute approximate surface area is 56.1 Å². The first kappa shape index (κ1) is 7.57. The van der Waals surface area contributed by atoms with Gasteiger partial charge in [-0.1, -0.05) is 12.2 Å². The lowest BCUT2D eigenvalue weighted by Gasteiger charge is -2.11. The highest BCUT2D eigenvalue weighted by atomic mass is 35.5. The van der Waals surface area contributed by atoms with Crippen molar-refractivity contribution in [2.24, 2.45) is 0 Å². The zero-order valence-corrected chi connectivity index (χ0v) is 5.69. The maximum Gasteiger partial charge on any atom is 0.0353 e. The number of halogens is 1. The van der Waals surface area contributed by atoms with Gasteiger partial charge in [0.25, 0.3) is 0 Å². The van der Waals surface area contributed by atoms with Crippen LogP contribution >= 0.6 is 12.4 Å². The highest BCUT2D eigenvalue weighted by molar-refractivity contribution is 5.85. The maximum atomic E-state index is 2.12. The summed E-state index contributed by atoms with van der Waals surface area (Å²) in [7, 11) is 2.06. The second kappa shape index (κ2) is 3.56. The van der Waals surface area contributed by atoms with Gasteiger partial charge in [-0.3, -0.25) is 0 Å². The van der Waals surface area contributed by atoms with E-state index >= 15 is 0 Å². The third-order valence-corrected chi connectivity index (χ3v) is 0.981. The molecule has 0 amide bonds. The van der Waals surface area contributed by atoms with Gasteiger partial charge in [-0.2, -0.15) is 0 Å². The highest BCUT2D eigenvalue weighted by Crippen LogP contribution is 1.91. The van der Waals surface area contributed by atoms with E-state index in [1.54, 1.807) is 0 Å². The molecule has 1 aliphatic heterocycles. The largest absolute Gasteiger partial charge is 0.377 e. The molecule has 0 aromatic heterocycles. The van der Waals surface area contributed by atoms with E-state index in [0.29, 0.717) is 0 Å². The second-order valence-corrected chi connectivity index (χ2v) is 1.71. The predicted molar refractivity (Wildman–Crippen MR) is 38.2 cm³/mol. The molecule has 0 spiro atoms. The van der Waals surface area contributed by atoms with E-state index in [0.717, 1.165) is 6.54 Å². The van der Waals surface area contributed by atoms with Crippen LogP contribution in [-0.4, -0.2) is 18.5 Å². The third kappa shape index (κ3) is 2.03. The molecule has 0 unspecified atom stereocenters. The zero-order valence-electron chi connectivity index (χ0n) is 4.87. The van der Waals surface area contributed by atoms with Gasteiger partial charge < -0.3 is 4.90 Å². The van der Waals surface area contributed by atoms with Crippen LogP contribution in [0.1, 0.15) is 0 Å². The summed E-state index contributed by atoms with van der Waals surface area (Å²) in [6.45, 7) is 1.05. The number of hydrogen-bond donors (Lipinski definition) is 0. The number of allylic oxidation sites excluding steroid dienone is 2. The summed E-state index contributed by atoms with van der Waals surface area (Å²) in [5.41, 5.74) is 0. The number of likely N-dealkylation sites (N-methyl/N-ethyl adjacent to an activating group) is 1. The zero-order chi connectivity index (χ0) is 5.11. The summed E-state index contributed by atoms with van der Waals surface area (Å²) in [5, 5.41) is 0. The minimum Gasteiger partial charge on any atom is -0.377 e. The first-order valence-corrected chi connectivity index (χ1v) is 2.43. The fraction of sp³-hybridized carbons (Fsp3) is 0.333. The summed E-state index contributed by atoms with van der Waals surface area (Å²) < 4.78 is 0. The van der Waals surface area contributed by atoms with E-state index in [9.17, 15) is 0 Å². The molecule has 0 saturated heterocycles. The van der Waals surface area contributed by atoms with E-state index < -0.39 is 0 Å². The van der Waals surface area contributed by atoms with Crippen molar-refractivity contribution in [3.8, 4) is 0 Å². The van der Waals surface area contributed by atoms with Crippen molar-refractivity contribution >= 4 is 12.4 Å². The molecular weight excluding hydrogens is 122 g/mol. The van der Waals surface area contributed by atoms with Crippen LogP contribution in [0.4, 0.5) is 0 Å². The van der Waals surface area contributed by atoms with Gasteiger partial charge >= 0.3 is 0 Å². The Morgan fingerprint density at radius 3 is 2.38 bits per heavy atom. The molecule has 2 heteroatoms. The molecule has 0 fully saturated rings. The van der Waals surface area contributed by atoms with Crippen molar-refractivity contribution in [1.82, 2.24) is 4.90 Å². The van der Waals surface area contributed by atoms with Gasteiger partial charge in [-0.15, -0.1) is 12.4 Å². The summed E-state index contributed by atoms with van der Waals surface area (Å²) in [4.78, 5) is 2.12. The molecule has 1 aliphatic rings. The Morgan fingerprint density at radius 2 is 2.12 bits per heavy atom. The van der Waals surface area contributed by atoms with Crippen molar-refractivity contribution in [3.05, 3.63) is 24.4 Å². The van der Waals surface area contributed by atoms with Crippen LogP contribution in [0, 0.1) is 0 Å². The van der Waals surface area contributed by atoms with E-state index in [1.165, 1.54) is 0 Å². The summed E-state index contributed by atoms with van der Waals surface area (Å²) >= 11 is 0. The van der Waals surface area contributed by atoms with Crippen LogP contribution in [0.15, 0.2) is 24.4 Å². The lowest BCUT2D eigenvalue weighted by Crippen LogP contribution is -2.11. The van der Waals surface area contributed by atoms with Gasteiger partial charge in [0.2, 0.25) is 0 Å². The molecule has 1 heterocycles. The molecule has 0 aromatic carbocycles. The van der Waals surface area contributed by atoms with Gasteiger partial charge in [0.05, 0.1) is 0 Å². The molecular formula is C6H10ClN. The normalized spacial score (nSPS) is 15.9. The first-order valence-electron chi connectivity index (χ1n) is 2.43. The second-order valence-electron chi connectivity index (χ2n) is 1.71. The number of rotatable bonds is 0. The van der Waals surface area contributed by atoms with Crippen molar-refractivity contribution in [2.45, 2.75) is 0 Å². The number of nitrogens with zero attached hydrogens (tertiary/aromatic N) is 1. The molecule has 0 aromatic rings. The van der Waals surface area contributed by atoms with Crippen LogP contribution in [-0.2, 0) is 0 Å². The van der Waals surface area contributed by atoms with E-state index in [2.05, 4.69) is 30.3 Å². The quantitative estimate of drug-likeness (QED) is 0.481. The molecule has 1 rings (SSSR count). The van der Waals surface area contributed by atoms with Gasteiger partial charge in [0.1, 0.15) is 0 Å². The van der Waals surface area contributed by atoms with Crippen LogP contribution in [0.25, 0.3) is 0 Å². The van der Waals surface area contributed by atoms with Crippen LogP contribution in [0.2, 0.25) is 0 Å². The molecule has 0 atom stereocenters. The molecule has 0 bridgehead atoms. The Morgan fingerprint density at radius 1 is 1.38 bits per heavy atom. The first-order chi connectivity index (χ1) is 3.39. The minimum absolute atomic E-state index is 0. The number of hydrogen-bond acceptors (Lipinski definition) is 1. The third-order valence-electron chi connectivity index (χ3n) is 0.981. The average molecular weight is 132 g/mol. The van der Waals surface area contributed by atoms with Crippen molar-refractivity contribution in [1.29, 1.82) is 0 Å². The smallest absolute Gasteiger partial charge is 0.0353 e. The standard InChI is InChI=1S/C6H9N.ClH/c1-7-5-3-2-4-6-7;/h2-5H,6H2,1H3;1H. The fourth-order valence-corrected chi connectivity index (χ4v) is 0.563. The molecule has 0 aliphatic carbocycles. The van der Waals surface area contributed by atoms with Gasteiger partial charge in [0, 0.05) is 13.6 Å². The summed E-state index contributed by atoms with van der Waals surface area (Å²) in [6.07, 6.45) is 8.27. The topological polar surface area (TPSA) is 3.24 Å². The Hall–Kier alpha value is -0.430. The van der Waals surface area contributed by atoms with Crippen LogP contribution in [0.5, 0.6) is 0 Å². The van der Waals surface area contributed by atoms with Crippen molar-refractivity contribution in [3.63, 3.8) is 0 Å². The Kier molecular flexibility index (Phi) is 3.37. The lowest BCUT2D eigenvalue weighted by molar-refractivity contribution is 0.505. The molecule has 0 N–H and O–H groups in total. The van der Waals surface area contributed by atoms with Gasteiger partial charge in [-0.25, -0.2) is 0 Å². The summed E-state index contributed by atoms with van der Waals surface area (Å²) in [5.74, 6) is 0. The monoisotopic (exact) mass is 131 g/mol. The van der Waals surface area contributed by atoms with Crippen molar-refractivity contribution in [2.75, 3.05) is 13.6 Å². The SMILES string of the molecule is CN1C=CC=CC1.Cl. The highest BCUT2D eigenvalue weighted by Gasteiger charge is 1.86. The van der Waals surface area contributed by atoms with Crippen molar-refractivity contribution < 1.29 is 0 Å². The molecule has 46 valence electrons.